The van der Waals surface area contributed by atoms with E-state index >= 15 is 0 Å². The van der Waals surface area contributed by atoms with Gasteiger partial charge in [0.25, 0.3) is 0 Å². The summed E-state index contributed by atoms with van der Waals surface area (Å²) in [5, 5.41) is 7.58. The number of piperazine rings is 2. The number of methoxy groups -OCH3 is 1. The number of hydrogen-bond donors (Lipinski definition) is 1. The van der Waals surface area contributed by atoms with E-state index in [2.05, 4.69) is 69.8 Å². The van der Waals surface area contributed by atoms with Crippen molar-refractivity contribution >= 4 is 28.9 Å². The van der Waals surface area contributed by atoms with Gasteiger partial charge >= 0.3 is 6.09 Å². The number of likely N-dealkylation sites (N-methyl/N-ethyl adjacent to an activating group) is 1. The number of anilines is 2. The SMILES string of the molecule is COC(=O)N1CC(C)N(c2ncc3[nH]nc(-c4ccc(N5CCN(C)C(C)C5)nc4)c3n2)C(C)C1. The zero-order chi connectivity index (χ0) is 24.7. The zero-order valence-corrected chi connectivity index (χ0v) is 21.0. The van der Waals surface area contributed by atoms with Crippen LogP contribution >= 0.6 is 0 Å². The molecule has 0 radical (unpaired) electrons. The summed E-state index contributed by atoms with van der Waals surface area (Å²) < 4.78 is 4.91. The van der Waals surface area contributed by atoms with Gasteiger partial charge in [-0.25, -0.2) is 19.7 Å². The quantitative estimate of drug-likeness (QED) is 0.605. The van der Waals surface area contributed by atoms with Crippen LogP contribution in [0.3, 0.4) is 0 Å². The van der Waals surface area contributed by atoms with Crippen molar-refractivity contribution in [2.24, 2.45) is 0 Å². The number of rotatable bonds is 3. The van der Waals surface area contributed by atoms with Crippen molar-refractivity contribution in [1.82, 2.24) is 34.9 Å². The lowest BCUT2D eigenvalue weighted by atomic mass is 10.1. The van der Waals surface area contributed by atoms with Gasteiger partial charge in [-0.3, -0.25) is 5.10 Å². The van der Waals surface area contributed by atoms with Gasteiger partial charge in [-0.1, -0.05) is 0 Å². The van der Waals surface area contributed by atoms with E-state index in [0.717, 1.165) is 47.7 Å². The lowest BCUT2D eigenvalue weighted by molar-refractivity contribution is 0.109. The Kier molecular flexibility index (Phi) is 6.18. The van der Waals surface area contributed by atoms with Crippen LogP contribution in [-0.4, -0.2) is 106 Å². The minimum absolute atomic E-state index is 0.0394. The Morgan fingerprint density at radius 3 is 2.46 bits per heavy atom. The number of pyridine rings is 1. The fourth-order valence-electron chi connectivity index (χ4n) is 5.09. The number of aromatic amines is 1. The van der Waals surface area contributed by atoms with Crippen LogP contribution in [0.2, 0.25) is 0 Å². The van der Waals surface area contributed by atoms with E-state index in [-0.39, 0.29) is 18.2 Å². The van der Waals surface area contributed by atoms with Gasteiger partial charge in [0.15, 0.2) is 0 Å². The van der Waals surface area contributed by atoms with Gasteiger partial charge in [-0.15, -0.1) is 0 Å². The van der Waals surface area contributed by atoms with E-state index in [9.17, 15) is 4.79 Å². The first-order valence-electron chi connectivity index (χ1n) is 12.1. The molecule has 11 nitrogen and oxygen atoms in total. The third-order valence-corrected chi connectivity index (χ3v) is 7.18. The van der Waals surface area contributed by atoms with Crippen molar-refractivity contribution in [3.63, 3.8) is 0 Å². The largest absolute Gasteiger partial charge is 0.453 e. The molecule has 2 aliphatic heterocycles. The molecule has 0 aromatic carbocycles. The summed E-state index contributed by atoms with van der Waals surface area (Å²) in [6, 6.07) is 4.69. The average Bonchev–Trinajstić information content (AvgIpc) is 3.28. The molecule has 0 bridgehead atoms. The molecule has 0 aliphatic carbocycles. The molecule has 35 heavy (non-hydrogen) atoms. The third kappa shape index (κ3) is 4.36. The van der Waals surface area contributed by atoms with Crippen molar-refractivity contribution < 1.29 is 9.53 Å². The fraction of sp³-hybridized carbons (Fsp3) is 0.542. The molecule has 186 valence electrons. The molecule has 3 atom stereocenters. The number of fused-ring (bicyclic) bond motifs is 1. The van der Waals surface area contributed by atoms with E-state index in [1.807, 2.05) is 6.20 Å². The second-order valence-electron chi connectivity index (χ2n) is 9.67. The first-order chi connectivity index (χ1) is 16.9. The highest BCUT2D eigenvalue weighted by atomic mass is 16.5. The number of aromatic nitrogens is 5. The fourth-order valence-corrected chi connectivity index (χ4v) is 5.09. The zero-order valence-electron chi connectivity index (χ0n) is 21.0. The molecule has 2 fully saturated rings. The minimum atomic E-state index is -0.307. The van der Waals surface area contributed by atoms with Crippen molar-refractivity contribution in [1.29, 1.82) is 0 Å². The molecule has 0 saturated carbocycles. The van der Waals surface area contributed by atoms with Crippen LogP contribution in [0.5, 0.6) is 0 Å². The van der Waals surface area contributed by atoms with Gasteiger partial charge < -0.3 is 24.3 Å². The van der Waals surface area contributed by atoms with Crippen LogP contribution in [0.25, 0.3) is 22.3 Å². The summed E-state index contributed by atoms with van der Waals surface area (Å²) >= 11 is 0. The Bertz CT molecular complexity index is 1190. The van der Waals surface area contributed by atoms with E-state index in [4.69, 9.17) is 14.7 Å². The smallest absolute Gasteiger partial charge is 0.409 e. The molecule has 3 aromatic heterocycles. The second-order valence-corrected chi connectivity index (χ2v) is 9.67. The van der Waals surface area contributed by atoms with Crippen molar-refractivity contribution in [3.8, 4) is 11.3 Å². The van der Waals surface area contributed by atoms with Gasteiger partial charge in [0.1, 0.15) is 22.5 Å². The van der Waals surface area contributed by atoms with E-state index in [1.165, 1.54) is 7.11 Å². The predicted octanol–water partition coefficient (Wildman–Crippen LogP) is 2.22. The summed E-state index contributed by atoms with van der Waals surface area (Å²) in [5.74, 6) is 1.61. The third-order valence-electron chi connectivity index (χ3n) is 7.18. The standard InChI is InChI=1S/C24H33N9O2/c1-15-12-31(9-8-30(15)4)20-7-6-18(10-25-20)21-22-19(28-29-21)11-26-23(27-22)33-16(2)13-32(14-17(33)3)24(34)35-5/h6-7,10-11,15-17H,8-9,12-14H2,1-5H3,(H,28,29). The molecule has 11 heteroatoms. The van der Waals surface area contributed by atoms with Gasteiger partial charge in [0, 0.05) is 62.6 Å². The van der Waals surface area contributed by atoms with Crippen LogP contribution < -0.4 is 9.80 Å². The molecule has 3 unspecified atom stereocenters. The molecule has 1 N–H and O–H groups in total. The normalized spacial score (nSPS) is 23.7. The number of ether oxygens (including phenoxy) is 1. The number of nitrogens with one attached hydrogen (secondary N) is 1. The number of H-pyrrole nitrogens is 1. The average molecular weight is 480 g/mol. The van der Waals surface area contributed by atoms with E-state index < -0.39 is 0 Å². The Morgan fingerprint density at radius 1 is 1.03 bits per heavy atom. The maximum atomic E-state index is 12.0. The summed E-state index contributed by atoms with van der Waals surface area (Å²) in [6.07, 6.45) is 3.34. The highest BCUT2D eigenvalue weighted by Crippen LogP contribution is 2.29. The molecule has 5 heterocycles. The predicted molar refractivity (Wildman–Crippen MR) is 135 cm³/mol. The number of carbonyl (C=O) groups is 1. The maximum absolute atomic E-state index is 12.0. The minimum Gasteiger partial charge on any atom is -0.453 e. The number of hydrogen-bond acceptors (Lipinski definition) is 9. The second kappa shape index (κ2) is 9.29. The molecular formula is C24H33N9O2. The summed E-state index contributed by atoms with van der Waals surface area (Å²) in [5.41, 5.74) is 3.19. The Balaban J connectivity index is 1.40. The Morgan fingerprint density at radius 2 is 1.80 bits per heavy atom. The summed E-state index contributed by atoms with van der Waals surface area (Å²) in [6.45, 7) is 10.4. The lowest BCUT2D eigenvalue weighted by Crippen LogP contribution is -2.58. The number of nitrogens with zero attached hydrogens (tertiary/aromatic N) is 8. The maximum Gasteiger partial charge on any atom is 0.409 e. The molecule has 2 saturated heterocycles. The van der Waals surface area contributed by atoms with Crippen LogP contribution in [0.1, 0.15) is 20.8 Å². The highest BCUT2D eigenvalue weighted by molar-refractivity contribution is 5.89. The molecule has 1 amide bonds. The van der Waals surface area contributed by atoms with E-state index in [0.29, 0.717) is 25.1 Å². The monoisotopic (exact) mass is 479 g/mol. The van der Waals surface area contributed by atoms with Gasteiger partial charge in [-0.05, 0) is 40.0 Å². The van der Waals surface area contributed by atoms with Gasteiger partial charge in [0.05, 0.1) is 13.3 Å². The summed E-state index contributed by atoms with van der Waals surface area (Å²) in [4.78, 5) is 34.9. The first-order valence-corrected chi connectivity index (χ1v) is 12.1. The van der Waals surface area contributed by atoms with Crippen LogP contribution in [0.15, 0.2) is 24.5 Å². The lowest BCUT2D eigenvalue weighted by Gasteiger charge is -2.43. The summed E-state index contributed by atoms with van der Waals surface area (Å²) in [7, 11) is 3.58. The van der Waals surface area contributed by atoms with Crippen LogP contribution in [0, 0.1) is 0 Å². The molecule has 5 rings (SSSR count). The first kappa shape index (κ1) is 23.3. The Labute approximate surface area is 205 Å². The molecule has 2 aliphatic rings. The van der Waals surface area contributed by atoms with Crippen LogP contribution in [-0.2, 0) is 4.74 Å². The molecular weight excluding hydrogens is 446 g/mol. The van der Waals surface area contributed by atoms with Crippen LogP contribution in [0.4, 0.5) is 16.6 Å². The van der Waals surface area contributed by atoms with E-state index in [1.54, 1.807) is 11.1 Å². The number of amides is 1. The highest BCUT2D eigenvalue weighted by Gasteiger charge is 2.34. The van der Waals surface area contributed by atoms with Crippen molar-refractivity contribution in [2.75, 3.05) is 56.7 Å². The van der Waals surface area contributed by atoms with Crippen molar-refractivity contribution in [3.05, 3.63) is 24.5 Å². The number of carbonyl (C=O) groups excluding carboxylic acids is 1. The van der Waals surface area contributed by atoms with Gasteiger partial charge in [0.2, 0.25) is 5.95 Å². The molecule has 3 aromatic rings. The Hall–Kier alpha value is -3.47. The topological polar surface area (TPSA) is 107 Å². The van der Waals surface area contributed by atoms with Crippen molar-refractivity contribution in [2.45, 2.75) is 38.9 Å². The molecule has 0 spiro atoms. The van der Waals surface area contributed by atoms with Gasteiger partial charge in [-0.2, -0.15) is 5.10 Å².